The monoisotopic (exact) mass is 654 g/mol. The Balaban J connectivity index is 1.36. The first-order chi connectivity index (χ1) is 22.0. The van der Waals surface area contributed by atoms with E-state index in [1.807, 2.05) is 0 Å². The minimum absolute atomic E-state index is 0.0287. The summed E-state index contributed by atoms with van der Waals surface area (Å²) in [5.74, 6) is 0.234. The van der Waals surface area contributed by atoms with Crippen molar-refractivity contribution in [3.8, 4) is 28.7 Å². The van der Waals surface area contributed by atoms with Crippen molar-refractivity contribution < 1.29 is 78.4 Å². The second kappa shape index (κ2) is 14.2. The van der Waals surface area contributed by atoms with Crippen LogP contribution in [0.5, 0.6) is 28.7 Å². The van der Waals surface area contributed by atoms with Crippen LogP contribution < -0.4 is 23.7 Å². The van der Waals surface area contributed by atoms with Gasteiger partial charge in [0, 0.05) is 6.07 Å². The van der Waals surface area contributed by atoms with Gasteiger partial charge in [0.25, 0.3) is 0 Å². The number of benzene rings is 2. The number of aliphatic hydroxyl groups excluding tert-OH is 7. The van der Waals surface area contributed by atoms with Gasteiger partial charge in [-0.15, -0.1) is 0 Å². The molecule has 0 saturated carbocycles. The fraction of sp³-hybridized carbons (Fsp3) is 0.567. The molecule has 7 N–H and O–H groups in total. The van der Waals surface area contributed by atoms with Crippen LogP contribution in [0.2, 0.25) is 0 Å². The van der Waals surface area contributed by atoms with Crippen molar-refractivity contribution in [1.29, 1.82) is 0 Å². The summed E-state index contributed by atoms with van der Waals surface area (Å²) in [7, 11) is 4.16. The van der Waals surface area contributed by atoms with Crippen LogP contribution >= 0.6 is 0 Å². The molecule has 0 aliphatic carbocycles. The number of methoxy groups -OCH3 is 3. The second-order valence-corrected chi connectivity index (χ2v) is 11.0. The summed E-state index contributed by atoms with van der Waals surface area (Å²) < 4.78 is 44.6. The van der Waals surface area contributed by atoms with Crippen LogP contribution in [0.4, 0.5) is 0 Å². The highest BCUT2D eigenvalue weighted by Gasteiger charge is 2.49. The standard InChI is InChI=1S/C30H38O16/c1-39-13-6-4-12(5-7-13)15-8-14(32)20-16(43-15)9-17(40-2)26(27(20)41-3)46-30-25(37)23(35)22(34)19(45-30)11-42-28-24(36)21(33)18(10-31)44-29(28)38/h4-7,9,15,18-19,21-25,28-31,33-38H,8,10-11H2,1-3H3. The van der Waals surface area contributed by atoms with E-state index in [0.717, 1.165) is 5.56 Å². The summed E-state index contributed by atoms with van der Waals surface area (Å²) in [6.45, 7) is -1.26. The molecular weight excluding hydrogens is 616 g/mol. The first-order valence-electron chi connectivity index (χ1n) is 14.4. The lowest BCUT2D eigenvalue weighted by Crippen LogP contribution is -2.62. The number of Topliss-reactive ketones (excluding diaryl/α,β-unsaturated/α-hetero) is 1. The smallest absolute Gasteiger partial charge is 0.229 e. The van der Waals surface area contributed by atoms with E-state index in [1.54, 1.807) is 31.4 Å². The molecule has 0 spiro atoms. The van der Waals surface area contributed by atoms with Gasteiger partial charge in [-0.1, -0.05) is 12.1 Å². The minimum Gasteiger partial charge on any atom is -0.497 e. The fourth-order valence-electron chi connectivity index (χ4n) is 5.60. The van der Waals surface area contributed by atoms with Crippen LogP contribution in [0.15, 0.2) is 30.3 Å². The number of ketones is 1. The molecule has 16 heteroatoms. The summed E-state index contributed by atoms with van der Waals surface area (Å²) in [4.78, 5) is 13.4. The van der Waals surface area contributed by atoms with Crippen molar-refractivity contribution in [2.45, 2.75) is 73.9 Å². The topological polar surface area (TPSA) is 233 Å². The Kier molecular flexibility index (Phi) is 10.5. The zero-order valence-electron chi connectivity index (χ0n) is 25.2. The Morgan fingerprint density at radius 2 is 1.50 bits per heavy atom. The van der Waals surface area contributed by atoms with Gasteiger partial charge in [-0.2, -0.15) is 0 Å². The molecule has 46 heavy (non-hydrogen) atoms. The van der Waals surface area contributed by atoms with Gasteiger partial charge in [0.15, 0.2) is 23.6 Å². The molecular formula is C30H38O16. The highest BCUT2D eigenvalue weighted by Crippen LogP contribution is 2.50. The number of hydrogen-bond acceptors (Lipinski definition) is 16. The number of ether oxygens (including phenoxy) is 8. The molecule has 11 atom stereocenters. The normalized spacial score (nSPS) is 34.3. The average molecular weight is 655 g/mol. The second-order valence-electron chi connectivity index (χ2n) is 11.0. The van der Waals surface area contributed by atoms with Gasteiger partial charge in [-0.05, 0) is 17.7 Å². The van der Waals surface area contributed by atoms with E-state index in [2.05, 4.69) is 0 Å². The van der Waals surface area contributed by atoms with Crippen LogP contribution in [-0.2, 0) is 14.2 Å². The van der Waals surface area contributed by atoms with E-state index in [4.69, 9.17) is 37.9 Å². The highest BCUT2D eigenvalue weighted by atomic mass is 16.7. The van der Waals surface area contributed by atoms with Crippen LogP contribution in [-0.4, -0.2) is 137 Å². The van der Waals surface area contributed by atoms with E-state index in [1.165, 1.54) is 20.3 Å². The van der Waals surface area contributed by atoms with Crippen molar-refractivity contribution in [2.75, 3.05) is 34.5 Å². The number of fused-ring (bicyclic) bond motifs is 1. The lowest BCUT2D eigenvalue weighted by molar-refractivity contribution is -0.315. The van der Waals surface area contributed by atoms with E-state index >= 15 is 0 Å². The van der Waals surface area contributed by atoms with Gasteiger partial charge in [0.2, 0.25) is 12.0 Å². The van der Waals surface area contributed by atoms with Gasteiger partial charge in [0.1, 0.15) is 72.0 Å². The minimum atomic E-state index is -1.82. The van der Waals surface area contributed by atoms with Crippen LogP contribution in [0, 0.1) is 0 Å². The number of rotatable bonds is 10. The Morgan fingerprint density at radius 3 is 2.13 bits per heavy atom. The number of aliphatic hydroxyl groups is 7. The summed E-state index contributed by atoms with van der Waals surface area (Å²) in [5.41, 5.74) is 0.786. The van der Waals surface area contributed by atoms with Crippen molar-refractivity contribution in [2.24, 2.45) is 0 Å². The van der Waals surface area contributed by atoms with Crippen molar-refractivity contribution in [3.05, 3.63) is 41.5 Å². The quantitative estimate of drug-likeness (QED) is 0.153. The van der Waals surface area contributed by atoms with Crippen molar-refractivity contribution in [1.82, 2.24) is 0 Å². The Labute approximate surface area is 263 Å². The maximum absolute atomic E-state index is 13.4. The van der Waals surface area contributed by atoms with Crippen LogP contribution in [0.1, 0.15) is 28.4 Å². The first kappa shape index (κ1) is 34.1. The molecule has 16 nitrogen and oxygen atoms in total. The molecule has 254 valence electrons. The third-order valence-electron chi connectivity index (χ3n) is 8.19. The molecule has 3 heterocycles. The molecule has 2 aromatic rings. The SMILES string of the molecule is COc1ccc(C2CC(=O)c3c(cc(OC)c(OC4OC(COC5C(O)OC(CO)C(O)C5O)C(O)C(O)C4O)c3OC)O2)cc1. The van der Waals surface area contributed by atoms with Crippen molar-refractivity contribution >= 4 is 5.78 Å². The van der Waals surface area contributed by atoms with Gasteiger partial charge >= 0.3 is 0 Å². The van der Waals surface area contributed by atoms with E-state index in [9.17, 15) is 40.5 Å². The van der Waals surface area contributed by atoms with Gasteiger partial charge in [0.05, 0.1) is 41.0 Å². The highest BCUT2D eigenvalue weighted by molar-refractivity contribution is 6.04. The molecule has 2 saturated heterocycles. The first-order valence-corrected chi connectivity index (χ1v) is 14.4. The zero-order valence-corrected chi connectivity index (χ0v) is 25.2. The molecule has 3 aliphatic heterocycles. The zero-order chi connectivity index (χ0) is 33.3. The average Bonchev–Trinajstić information content (AvgIpc) is 3.06. The van der Waals surface area contributed by atoms with E-state index in [-0.39, 0.29) is 40.8 Å². The lowest BCUT2D eigenvalue weighted by Gasteiger charge is -2.43. The molecule has 0 bridgehead atoms. The van der Waals surface area contributed by atoms with Crippen molar-refractivity contribution in [3.63, 3.8) is 0 Å². The maximum atomic E-state index is 13.4. The fourth-order valence-corrected chi connectivity index (χ4v) is 5.60. The predicted molar refractivity (Wildman–Crippen MR) is 152 cm³/mol. The third kappa shape index (κ3) is 6.46. The lowest BCUT2D eigenvalue weighted by atomic mass is 9.95. The summed E-state index contributed by atoms with van der Waals surface area (Å²) in [5, 5.41) is 72.0. The predicted octanol–water partition coefficient (Wildman–Crippen LogP) is -1.58. The molecule has 0 radical (unpaired) electrons. The van der Waals surface area contributed by atoms with E-state index < -0.39 is 80.7 Å². The Morgan fingerprint density at radius 1 is 0.804 bits per heavy atom. The molecule has 11 unspecified atom stereocenters. The Bertz CT molecular complexity index is 1350. The molecule has 2 fully saturated rings. The molecule has 0 amide bonds. The molecule has 5 rings (SSSR count). The van der Waals surface area contributed by atoms with Gasteiger partial charge in [-0.3, -0.25) is 4.79 Å². The summed E-state index contributed by atoms with van der Waals surface area (Å²) >= 11 is 0. The molecule has 3 aliphatic rings. The molecule has 2 aromatic carbocycles. The Hall–Kier alpha value is -3.29. The largest absolute Gasteiger partial charge is 0.497 e. The van der Waals surface area contributed by atoms with E-state index in [0.29, 0.717) is 5.75 Å². The summed E-state index contributed by atoms with van der Waals surface area (Å²) in [6.07, 6.45) is -16.9. The van der Waals surface area contributed by atoms with Gasteiger partial charge in [-0.25, -0.2) is 0 Å². The maximum Gasteiger partial charge on any atom is 0.229 e. The number of carbonyl (C=O) groups excluding carboxylic acids is 1. The molecule has 0 aromatic heterocycles. The van der Waals surface area contributed by atoms with Gasteiger partial charge < -0.3 is 73.6 Å². The third-order valence-corrected chi connectivity index (χ3v) is 8.19. The summed E-state index contributed by atoms with van der Waals surface area (Å²) in [6, 6.07) is 8.48. The number of hydrogen-bond donors (Lipinski definition) is 7. The van der Waals surface area contributed by atoms with Crippen LogP contribution in [0.25, 0.3) is 0 Å². The van der Waals surface area contributed by atoms with Crippen LogP contribution in [0.3, 0.4) is 0 Å². The number of carbonyl (C=O) groups is 1.